The fourth-order valence-electron chi connectivity index (χ4n) is 2.74. The highest BCUT2D eigenvalue weighted by atomic mass is 15.2. The van der Waals surface area contributed by atoms with Gasteiger partial charge in [-0.3, -0.25) is 5.41 Å². The molecule has 0 amide bonds. The van der Waals surface area contributed by atoms with Crippen LogP contribution < -0.4 is 10.6 Å². The van der Waals surface area contributed by atoms with Crippen LogP contribution >= 0.6 is 0 Å². The molecular formula is C15H24N4. The molecule has 0 spiro atoms. The van der Waals surface area contributed by atoms with Gasteiger partial charge >= 0.3 is 0 Å². The summed E-state index contributed by atoms with van der Waals surface area (Å²) < 4.78 is 0. The van der Waals surface area contributed by atoms with Crippen molar-refractivity contribution in [2.45, 2.75) is 25.8 Å². The third-order valence-electron chi connectivity index (χ3n) is 4.06. The van der Waals surface area contributed by atoms with Gasteiger partial charge < -0.3 is 15.5 Å². The number of hydrogen-bond donors (Lipinski definition) is 2. The topological polar surface area (TPSA) is 56.4 Å². The van der Waals surface area contributed by atoms with E-state index < -0.39 is 0 Å². The zero-order valence-electron chi connectivity index (χ0n) is 12.1. The maximum atomic E-state index is 7.73. The molecule has 1 saturated heterocycles. The monoisotopic (exact) mass is 260 g/mol. The Morgan fingerprint density at radius 1 is 1.37 bits per heavy atom. The number of nitrogens with two attached hydrogens (primary N) is 1. The molecule has 1 aromatic carbocycles. The third kappa shape index (κ3) is 3.07. The first-order chi connectivity index (χ1) is 8.99. The average molecular weight is 260 g/mol. The third-order valence-corrected chi connectivity index (χ3v) is 4.06. The Labute approximate surface area is 115 Å². The summed E-state index contributed by atoms with van der Waals surface area (Å²) >= 11 is 0. The van der Waals surface area contributed by atoms with E-state index in [1.165, 1.54) is 5.56 Å². The van der Waals surface area contributed by atoms with E-state index in [1.807, 2.05) is 12.1 Å². The number of rotatable bonds is 3. The molecule has 0 aromatic heterocycles. The highest BCUT2D eigenvalue weighted by molar-refractivity contribution is 6.00. The van der Waals surface area contributed by atoms with Crippen LogP contribution in [0.15, 0.2) is 18.2 Å². The second-order valence-corrected chi connectivity index (χ2v) is 5.58. The number of nitrogen functional groups attached to an aromatic ring is 1. The lowest BCUT2D eigenvalue weighted by Crippen LogP contribution is -2.42. The summed E-state index contributed by atoms with van der Waals surface area (Å²) in [5.41, 5.74) is 8.84. The lowest BCUT2D eigenvalue weighted by atomic mass is 10.0. The predicted molar refractivity (Wildman–Crippen MR) is 81.1 cm³/mol. The number of likely N-dealkylation sites (tertiary alicyclic amines) is 1. The minimum Gasteiger partial charge on any atom is -0.384 e. The van der Waals surface area contributed by atoms with Crippen molar-refractivity contribution in [2.24, 2.45) is 5.73 Å². The molecule has 2 rings (SSSR count). The molecule has 1 fully saturated rings. The SMILES string of the molecule is Cc1ccc(C(=N)N)c(N(C)C2CCN(C)CC2)c1. The first-order valence-electron chi connectivity index (χ1n) is 6.85. The van der Waals surface area contributed by atoms with Gasteiger partial charge in [-0.25, -0.2) is 0 Å². The molecule has 1 aliphatic rings. The molecule has 1 aliphatic heterocycles. The number of anilines is 1. The van der Waals surface area contributed by atoms with Crippen LogP contribution in [-0.2, 0) is 0 Å². The lowest BCUT2D eigenvalue weighted by Gasteiger charge is -2.37. The Morgan fingerprint density at radius 3 is 2.58 bits per heavy atom. The number of amidine groups is 1. The predicted octanol–water partition coefficient (Wildman–Crippen LogP) is 1.81. The van der Waals surface area contributed by atoms with Gasteiger partial charge in [0, 0.05) is 24.3 Å². The zero-order chi connectivity index (χ0) is 14.0. The normalized spacial score (nSPS) is 17.4. The second-order valence-electron chi connectivity index (χ2n) is 5.58. The van der Waals surface area contributed by atoms with Gasteiger partial charge in [0.1, 0.15) is 5.84 Å². The van der Waals surface area contributed by atoms with E-state index in [2.05, 4.69) is 36.9 Å². The number of nitrogens with zero attached hydrogens (tertiary/aromatic N) is 2. The van der Waals surface area contributed by atoms with Crippen LogP contribution in [0.3, 0.4) is 0 Å². The maximum absolute atomic E-state index is 7.73. The van der Waals surface area contributed by atoms with Crippen molar-refractivity contribution in [3.8, 4) is 0 Å². The molecule has 1 aromatic rings. The zero-order valence-corrected chi connectivity index (χ0v) is 12.1. The van der Waals surface area contributed by atoms with Crippen molar-refractivity contribution in [2.75, 3.05) is 32.1 Å². The Hall–Kier alpha value is -1.55. The molecule has 0 saturated carbocycles. The van der Waals surface area contributed by atoms with Gasteiger partial charge in [0.15, 0.2) is 0 Å². The van der Waals surface area contributed by atoms with Crippen LogP contribution in [0.4, 0.5) is 5.69 Å². The number of aryl methyl sites for hydroxylation is 1. The number of piperidine rings is 1. The standard InChI is InChI=1S/C15H24N4/c1-11-4-5-13(15(16)17)14(10-11)19(3)12-6-8-18(2)9-7-12/h4-5,10,12H,6-9H2,1-3H3,(H3,16,17). The first-order valence-corrected chi connectivity index (χ1v) is 6.85. The first kappa shape index (κ1) is 13.9. The highest BCUT2D eigenvalue weighted by Gasteiger charge is 2.22. The maximum Gasteiger partial charge on any atom is 0.124 e. The summed E-state index contributed by atoms with van der Waals surface area (Å²) in [5.74, 6) is 0.148. The summed E-state index contributed by atoms with van der Waals surface area (Å²) in [6, 6.07) is 6.65. The van der Waals surface area contributed by atoms with Crippen molar-refractivity contribution in [1.29, 1.82) is 5.41 Å². The van der Waals surface area contributed by atoms with Gasteiger partial charge in [0.25, 0.3) is 0 Å². The molecule has 0 aliphatic carbocycles. The molecule has 0 atom stereocenters. The fourth-order valence-corrected chi connectivity index (χ4v) is 2.74. The van der Waals surface area contributed by atoms with E-state index in [-0.39, 0.29) is 5.84 Å². The van der Waals surface area contributed by atoms with E-state index in [0.717, 1.165) is 37.2 Å². The average Bonchev–Trinajstić information content (AvgIpc) is 2.38. The number of hydrogen-bond acceptors (Lipinski definition) is 3. The van der Waals surface area contributed by atoms with Gasteiger partial charge in [-0.1, -0.05) is 6.07 Å². The van der Waals surface area contributed by atoms with Crippen molar-refractivity contribution < 1.29 is 0 Å². The molecule has 4 nitrogen and oxygen atoms in total. The van der Waals surface area contributed by atoms with Crippen LogP contribution in [-0.4, -0.2) is 44.0 Å². The van der Waals surface area contributed by atoms with Crippen LogP contribution in [0.5, 0.6) is 0 Å². The lowest BCUT2D eigenvalue weighted by molar-refractivity contribution is 0.253. The summed E-state index contributed by atoms with van der Waals surface area (Å²) in [6.45, 7) is 4.35. The molecule has 0 radical (unpaired) electrons. The van der Waals surface area contributed by atoms with E-state index in [0.29, 0.717) is 6.04 Å². The fraction of sp³-hybridized carbons (Fsp3) is 0.533. The van der Waals surface area contributed by atoms with Gasteiger partial charge in [-0.15, -0.1) is 0 Å². The molecule has 1 heterocycles. The summed E-state index contributed by atoms with van der Waals surface area (Å²) in [6.07, 6.45) is 2.33. The van der Waals surface area contributed by atoms with Crippen molar-refractivity contribution in [3.05, 3.63) is 29.3 Å². The molecule has 0 unspecified atom stereocenters. The van der Waals surface area contributed by atoms with E-state index >= 15 is 0 Å². The van der Waals surface area contributed by atoms with Crippen LogP contribution in [0.2, 0.25) is 0 Å². The van der Waals surface area contributed by atoms with Gasteiger partial charge in [0.05, 0.1) is 0 Å². The quantitative estimate of drug-likeness (QED) is 0.644. The van der Waals surface area contributed by atoms with Crippen LogP contribution in [0.25, 0.3) is 0 Å². The van der Waals surface area contributed by atoms with Gasteiger partial charge in [-0.2, -0.15) is 0 Å². The highest BCUT2D eigenvalue weighted by Crippen LogP contribution is 2.26. The van der Waals surface area contributed by atoms with E-state index in [4.69, 9.17) is 11.1 Å². The summed E-state index contributed by atoms with van der Waals surface area (Å²) in [4.78, 5) is 4.67. The Morgan fingerprint density at radius 2 is 2.00 bits per heavy atom. The van der Waals surface area contributed by atoms with Gasteiger partial charge in [0.2, 0.25) is 0 Å². The smallest absolute Gasteiger partial charge is 0.124 e. The molecule has 3 N–H and O–H groups in total. The van der Waals surface area contributed by atoms with Crippen molar-refractivity contribution in [3.63, 3.8) is 0 Å². The Kier molecular flexibility index (Phi) is 4.10. The number of nitrogens with one attached hydrogen (secondary N) is 1. The molecule has 4 heteroatoms. The molecule has 0 bridgehead atoms. The Bertz CT molecular complexity index is 461. The molecule has 104 valence electrons. The minimum absolute atomic E-state index is 0.148. The van der Waals surface area contributed by atoms with Crippen molar-refractivity contribution >= 4 is 11.5 Å². The number of benzene rings is 1. The second kappa shape index (κ2) is 5.61. The Balaban J connectivity index is 2.25. The van der Waals surface area contributed by atoms with Crippen LogP contribution in [0, 0.1) is 12.3 Å². The summed E-state index contributed by atoms with van der Waals surface area (Å²) in [7, 11) is 4.29. The molecular weight excluding hydrogens is 236 g/mol. The van der Waals surface area contributed by atoms with Crippen molar-refractivity contribution in [1.82, 2.24) is 4.90 Å². The van der Waals surface area contributed by atoms with E-state index in [9.17, 15) is 0 Å². The molecule has 19 heavy (non-hydrogen) atoms. The summed E-state index contributed by atoms with van der Waals surface area (Å²) in [5, 5.41) is 7.73. The van der Waals surface area contributed by atoms with Gasteiger partial charge in [-0.05, 0) is 57.6 Å². The van der Waals surface area contributed by atoms with Crippen LogP contribution in [0.1, 0.15) is 24.0 Å². The van der Waals surface area contributed by atoms with E-state index in [1.54, 1.807) is 0 Å². The largest absolute Gasteiger partial charge is 0.384 e. The minimum atomic E-state index is 0.148.